The third-order valence-electron chi connectivity index (χ3n) is 1.99. The number of piperidine rings is 1. The minimum Gasteiger partial charge on any atom is -0.363 e. The Kier molecular flexibility index (Phi) is 2.94. The molecule has 1 heterocycles. The van der Waals surface area contributed by atoms with Crippen molar-refractivity contribution < 1.29 is 4.79 Å². The molecule has 0 atom stereocenters. The summed E-state index contributed by atoms with van der Waals surface area (Å²) >= 11 is 0. The van der Waals surface area contributed by atoms with Crippen molar-refractivity contribution in [2.24, 2.45) is 0 Å². The highest BCUT2D eigenvalue weighted by Gasteiger charge is 2.10. The number of likely N-dealkylation sites (tertiary alicyclic amines) is 1. The monoisotopic (exact) mass is 151 g/mol. The molecular weight excluding hydrogens is 138 g/mol. The van der Waals surface area contributed by atoms with E-state index in [1.54, 1.807) is 6.08 Å². The normalized spacial score (nSPS) is 17.3. The van der Waals surface area contributed by atoms with Crippen LogP contribution in [0.15, 0.2) is 18.4 Å². The van der Waals surface area contributed by atoms with Crippen LogP contribution in [0, 0.1) is 0 Å². The average Bonchev–Trinajstić information content (AvgIpc) is 2.09. The number of hydrogen-bond acceptors (Lipinski definition) is 2. The maximum absolute atomic E-state index is 10.4. The second kappa shape index (κ2) is 3.99. The molecule has 11 heavy (non-hydrogen) atoms. The van der Waals surface area contributed by atoms with Gasteiger partial charge in [-0.15, -0.1) is 0 Å². The van der Waals surface area contributed by atoms with Gasteiger partial charge in [0.15, 0.2) is 0 Å². The van der Waals surface area contributed by atoms with Gasteiger partial charge in [0.05, 0.1) is 0 Å². The molecule has 0 aromatic rings. The van der Waals surface area contributed by atoms with Crippen LogP contribution >= 0.6 is 0 Å². The molecule has 0 N–H and O–H groups in total. The fraction of sp³-hybridized carbons (Fsp3) is 0.556. The Labute approximate surface area is 67.2 Å². The van der Waals surface area contributed by atoms with Crippen LogP contribution in [0.25, 0.3) is 0 Å². The van der Waals surface area contributed by atoms with Crippen LogP contribution in [-0.4, -0.2) is 23.9 Å². The first-order valence-electron chi connectivity index (χ1n) is 4.01. The van der Waals surface area contributed by atoms with Crippen molar-refractivity contribution in [2.45, 2.75) is 19.3 Å². The predicted octanol–water partition coefficient (Wildman–Crippen LogP) is 1.37. The van der Waals surface area contributed by atoms with Gasteiger partial charge >= 0.3 is 0 Å². The molecule has 1 rings (SSSR count). The molecule has 0 aliphatic carbocycles. The molecule has 1 aliphatic heterocycles. The van der Waals surface area contributed by atoms with Gasteiger partial charge in [0.25, 0.3) is 0 Å². The predicted molar refractivity (Wildman–Crippen MR) is 44.8 cm³/mol. The van der Waals surface area contributed by atoms with Crippen LogP contribution in [0.2, 0.25) is 0 Å². The second-order valence-electron chi connectivity index (χ2n) is 2.74. The molecule has 1 fully saturated rings. The zero-order valence-corrected chi connectivity index (χ0v) is 6.68. The highest BCUT2D eigenvalue weighted by atomic mass is 16.1. The van der Waals surface area contributed by atoms with Gasteiger partial charge in [-0.1, -0.05) is 6.58 Å². The van der Waals surface area contributed by atoms with E-state index in [9.17, 15) is 4.79 Å². The molecule has 0 aromatic heterocycles. The van der Waals surface area contributed by atoms with E-state index in [0.29, 0.717) is 5.70 Å². The van der Waals surface area contributed by atoms with E-state index in [1.165, 1.54) is 19.3 Å². The summed E-state index contributed by atoms with van der Waals surface area (Å²) in [6.07, 6.45) is 5.22. The third kappa shape index (κ3) is 1.95. The number of hydrogen-bond donors (Lipinski definition) is 0. The highest BCUT2D eigenvalue weighted by Crippen LogP contribution is 2.12. The smallest absolute Gasteiger partial charge is 0.150 e. The van der Waals surface area contributed by atoms with Gasteiger partial charge in [-0.25, -0.2) is 4.79 Å². The zero-order chi connectivity index (χ0) is 8.10. The molecule has 2 nitrogen and oxygen atoms in total. The largest absolute Gasteiger partial charge is 0.363 e. The quantitative estimate of drug-likeness (QED) is 0.439. The maximum Gasteiger partial charge on any atom is 0.150 e. The maximum atomic E-state index is 10.4. The van der Waals surface area contributed by atoms with Crippen molar-refractivity contribution >= 4 is 5.94 Å². The van der Waals surface area contributed by atoms with E-state index in [4.69, 9.17) is 0 Å². The third-order valence-corrected chi connectivity index (χ3v) is 1.99. The first kappa shape index (κ1) is 8.09. The fourth-order valence-corrected chi connectivity index (χ4v) is 1.37. The van der Waals surface area contributed by atoms with Crippen LogP contribution < -0.4 is 0 Å². The molecule has 0 unspecified atom stereocenters. The van der Waals surface area contributed by atoms with Crippen molar-refractivity contribution in [3.8, 4) is 0 Å². The van der Waals surface area contributed by atoms with Crippen LogP contribution in [0.3, 0.4) is 0 Å². The summed E-state index contributed by atoms with van der Waals surface area (Å²) in [7, 11) is 0. The Hall–Kier alpha value is -1.01. The topological polar surface area (TPSA) is 20.3 Å². The van der Waals surface area contributed by atoms with Crippen LogP contribution in [0.1, 0.15) is 19.3 Å². The lowest BCUT2D eigenvalue weighted by Gasteiger charge is -2.27. The van der Waals surface area contributed by atoms with E-state index in [2.05, 4.69) is 6.58 Å². The van der Waals surface area contributed by atoms with Crippen LogP contribution in [0.5, 0.6) is 0 Å². The lowest BCUT2D eigenvalue weighted by Crippen LogP contribution is -2.28. The lowest BCUT2D eigenvalue weighted by molar-refractivity contribution is 0.295. The van der Waals surface area contributed by atoms with E-state index in [0.717, 1.165) is 13.1 Å². The number of rotatable bonds is 2. The molecule has 0 aromatic carbocycles. The molecule has 0 bridgehead atoms. The van der Waals surface area contributed by atoms with Gasteiger partial charge in [0, 0.05) is 13.1 Å². The molecule has 60 valence electrons. The van der Waals surface area contributed by atoms with Gasteiger partial charge in [0.1, 0.15) is 11.6 Å². The molecule has 2 heteroatoms. The number of carbonyl (C=O) groups excluding carboxylic acids is 1. The molecule has 0 radical (unpaired) electrons. The van der Waals surface area contributed by atoms with Gasteiger partial charge in [-0.3, -0.25) is 0 Å². The van der Waals surface area contributed by atoms with E-state index >= 15 is 0 Å². The molecular formula is C9H13NO. The minimum absolute atomic E-state index is 0.615. The Bertz CT molecular complexity index is 186. The van der Waals surface area contributed by atoms with Crippen LogP contribution in [-0.2, 0) is 4.79 Å². The van der Waals surface area contributed by atoms with Crippen molar-refractivity contribution in [2.75, 3.05) is 13.1 Å². The van der Waals surface area contributed by atoms with Gasteiger partial charge in [-0.05, 0) is 25.3 Å². The number of nitrogens with zero attached hydrogens (tertiary/aromatic N) is 1. The Morgan fingerprint density at radius 3 is 2.45 bits per heavy atom. The Morgan fingerprint density at radius 2 is 2.00 bits per heavy atom. The van der Waals surface area contributed by atoms with Crippen LogP contribution in [0.4, 0.5) is 0 Å². The molecule has 1 saturated heterocycles. The summed E-state index contributed by atoms with van der Waals surface area (Å²) in [6, 6.07) is 0. The Morgan fingerprint density at radius 1 is 1.36 bits per heavy atom. The SMILES string of the molecule is C=CC(=C=O)N1CCCCC1. The van der Waals surface area contributed by atoms with E-state index in [1.807, 2.05) is 10.8 Å². The van der Waals surface area contributed by atoms with Crippen molar-refractivity contribution in [3.05, 3.63) is 18.4 Å². The summed E-state index contributed by atoms with van der Waals surface area (Å²) in [5.41, 5.74) is 0.615. The molecule has 0 spiro atoms. The summed E-state index contributed by atoms with van der Waals surface area (Å²) in [5.74, 6) is 1.90. The summed E-state index contributed by atoms with van der Waals surface area (Å²) in [6.45, 7) is 5.53. The average molecular weight is 151 g/mol. The number of allylic oxidation sites excluding steroid dienone is 1. The lowest BCUT2D eigenvalue weighted by atomic mass is 10.1. The molecule has 0 saturated carbocycles. The standard InChI is InChI=1S/C9H13NO/c1-2-9(8-11)10-6-4-3-5-7-10/h2H,1,3-7H2. The fourth-order valence-electron chi connectivity index (χ4n) is 1.37. The molecule has 0 amide bonds. The summed E-state index contributed by atoms with van der Waals surface area (Å²) in [5, 5.41) is 0. The summed E-state index contributed by atoms with van der Waals surface area (Å²) < 4.78 is 0. The first-order chi connectivity index (χ1) is 5.38. The van der Waals surface area contributed by atoms with Crippen molar-refractivity contribution in [1.82, 2.24) is 4.90 Å². The van der Waals surface area contributed by atoms with Crippen molar-refractivity contribution in [3.63, 3.8) is 0 Å². The van der Waals surface area contributed by atoms with Gasteiger partial charge in [0.2, 0.25) is 0 Å². The van der Waals surface area contributed by atoms with Gasteiger partial charge in [-0.2, -0.15) is 0 Å². The van der Waals surface area contributed by atoms with Crippen molar-refractivity contribution in [1.29, 1.82) is 0 Å². The summed E-state index contributed by atoms with van der Waals surface area (Å²) in [4.78, 5) is 12.4. The highest BCUT2D eigenvalue weighted by molar-refractivity contribution is 5.55. The molecule has 1 aliphatic rings. The second-order valence-corrected chi connectivity index (χ2v) is 2.74. The minimum atomic E-state index is 0.615. The Balaban J connectivity index is 2.57. The zero-order valence-electron chi connectivity index (χ0n) is 6.68. The van der Waals surface area contributed by atoms with Gasteiger partial charge < -0.3 is 4.90 Å². The first-order valence-corrected chi connectivity index (χ1v) is 4.01. The van der Waals surface area contributed by atoms with E-state index < -0.39 is 0 Å². The van der Waals surface area contributed by atoms with E-state index in [-0.39, 0.29) is 0 Å².